The number of hydrogen-bond donors (Lipinski definition) is 1. The fourth-order valence-corrected chi connectivity index (χ4v) is 3.81. The third kappa shape index (κ3) is 4.04. The highest BCUT2D eigenvalue weighted by molar-refractivity contribution is 7.91. The second-order valence-corrected chi connectivity index (χ2v) is 8.48. The molecule has 0 atom stereocenters. The number of carbonyl (C=O) groups excluding carboxylic acids is 1. The van der Waals surface area contributed by atoms with E-state index < -0.39 is 10.0 Å². The van der Waals surface area contributed by atoms with Crippen molar-refractivity contribution in [1.29, 1.82) is 0 Å². The summed E-state index contributed by atoms with van der Waals surface area (Å²) in [5, 5.41) is 5.07. The molecule has 1 aromatic rings. The topological polar surface area (TPSA) is 80.5 Å². The van der Waals surface area contributed by atoms with Gasteiger partial charge in [-0.05, 0) is 44.7 Å². The molecule has 2 N–H and O–H groups in total. The van der Waals surface area contributed by atoms with Crippen LogP contribution in [0, 0.1) is 5.92 Å². The number of rotatable bonds is 6. The molecule has 5 nitrogen and oxygen atoms in total. The maximum Gasteiger partial charge on any atom is 0.247 e. The van der Waals surface area contributed by atoms with E-state index in [9.17, 15) is 13.2 Å². The molecular weight excluding hydrogens is 296 g/mol. The Labute approximate surface area is 123 Å². The Kier molecular flexibility index (Phi) is 4.51. The smallest absolute Gasteiger partial charge is 0.247 e. The molecule has 0 aromatic carbocycles. The first-order valence-electron chi connectivity index (χ1n) is 6.68. The van der Waals surface area contributed by atoms with Gasteiger partial charge in [0.2, 0.25) is 15.9 Å². The van der Waals surface area contributed by atoms with Crippen molar-refractivity contribution in [2.45, 2.75) is 43.4 Å². The predicted octanol–water partition coefficient (Wildman–Crippen LogP) is 1.59. The van der Waals surface area contributed by atoms with Crippen LogP contribution in [0.25, 0.3) is 0 Å². The predicted molar refractivity (Wildman–Crippen MR) is 79.0 cm³/mol. The van der Waals surface area contributed by atoms with Crippen molar-refractivity contribution in [2.75, 3.05) is 6.54 Å². The monoisotopic (exact) mass is 316 g/mol. The first-order chi connectivity index (χ1) is 9.27. The quantitative estimate of drug-likeness (QED) is 0.865. The first kappa shape index (κ1) is 15.5. The van der Waals surface area contributed by atoms with Gasteiger partial charge in [-0.25, -0.2) is 13.6 Å². The van der Waals surface area contributed by atoms with Crippen LogP contribution in [0.2, 0.25) is 0 Å². The third-order valence-electron chi connectivity index (χ3n) is 3.34. The molecule has 7 heteroatoms. The number of primary sulfonamides is 1. The molecule has 1 aliphatic rings. The number of sulfonamides is 1. The van der Waals surface area contributed by atoms with E-state index in [2.05, 4.69) is 0 Å². The summed E-state index contributed by atoms with van der Waals surface area (Å²) in [6, 6.07) is 3.29. The second kappa shape index (κ2) is 5.83. The Hall–Kier alpha value is -0.920. The van der Waals surface area contributed by atoms with Gasteiger partial charge in [-0.3, -0.25) is 4.79 Å². The average molecular weight is 316 g/mol. The second-order valence-electron chi connectivity index (χ2n) is 5.53. The first-order valence-corrected chi connectivity index (χ1v) is 9.04. The van der Waals surface area contributed by atoms with Gasteiger partial charge in [-0.2, -0.15) is 0 Å². The zero-order chi connectivity index (χ0) is 14.9. The third-order valence-corrected chi connectivity index (χ3v) is 5.86. The maximum absolute atomic E-state index is 12.3. The molecule has 0 unspecified atom stereocenters. The molecule has 0 radical (unpaired) electrons. The summed E-state index contributed by atoms with van der Waals surface area (Å²) in [6.07, 6.45) is 2.64. The number of amides is 1. The summed E-state index contributed by atoms with van der Waals surface area (Å²) >= 11 is 1.07. The summed E-state index contributed by atoms with van der Waals surface area (Å²) in [5.74, 6) is 0.694. The van der Waals surface area contributed by atoms with E-state index in [-0.39, 0.29) is 22.6 Å². The number of carbonyl (C=O) groups is 1. The van der Waals surface area contributed by atoms with Crippen LogP contribution in [0.5, 0.6) is 0 Å². The molecule has 1 aliphatic carbocycles. The summed E-state index contributed by atoms with van der Waals surface area (Å²) in [6.45, 7) is 4.82. The van der Waals surface area contributed by atoms with Gasteiger partial charge in [-0.1, -0.05) is 0 Å². The van der Waals surface area contributed by atoms with Gasteiger partial charge in [0.25, 0.3) is 0 Å². The lowest BCUT2D eigenvalue weighted by atomic mass is 10.2. The molecule has 2 rings (SSSR count). The van der Waals surface area contributed by atoms with Gasteiger partial charge < -0.3 is 4.90 Å². The Morgan fingerprint density at radius 2 is 2.10 bits per heavy atom. The largest absolute Gasteiger partial charge is 0.340 e. The Morgan fingerprint density at radius 3 is 2.55 bits per heavy atom. The van der Waals surface area contributed by atoms with E-state index in [1.165, 1.54) is 18.9 Å². The Morgan fingerprint density at radius 1 is 1.45 bits per heavy atom. The average Bonchev–Trinajstić information content (AvgIpc) is 3.02. The van der Waals surface area contributed by atoms with Crippen LogP contribution < -0.4 is 5.14 Å². The van der Waals surface area contributed by atoms with E-state index in [1.54, 1.807) is 6.07 Å². The van der Waals surface area contributed by atoms with Crippen LogP contribution in [0.15, 0.2) is 16.3 Å². The van der Waals surface area contributed by atoms with Gasteiger partial charge in [0.15, 0.2) is 0 Å². The standard InChI is InChI=1S/C13H20N2O3S2/c1-9(2)15(8-10-3-4-10)12(16)7-11-5-6-13(19-11)20(14,17)18/h5-6,9-10H,3-4,7-8H2,1-2H3,(H2,14,17,18). The highest BCUT2D eigenvalue weighted by Crippen LogP contribution is 2.30. The summed E-state index contributed by atoms with van der Waals surface area (Å²) in [5.41, 5.74) is 0. The summed E-state index contributed by atoms with van der Waals surface area (Å²) < 4.78 is 22.6. The number of thiophene rings is 1. The minimum Gasteiger partial charge on any atom is -0.340 e. The fourth-order valence-electron chi connectivity index (χ4n) is 2.04. The molecule has 1 fully saturated rings. The van der Waals surface area contributed by atoms with Gasteiger partial charge in [0.05, 0.1) is 6.42 Å². The van der Waals surface area contributed by atoms with E-state index in [4.69, 9.17) is 5.14 Å². The minimum absolute atomic E-state index is 0.0507. The van der Waals surface area contributed by atoms with Crippen LogP contribution in [-0.2, 0) is 21.2 Å². The molecule has 0 aliphatic heterocycles. The number of nitrogens with two attached hydrogens (primary N) is 1. The van der Waals surface area contributed by atoms with Gasteiger partial charge in [0, 0.05) is 17.5 Å². The van der Waals surface area contributed by atoms with Crippen molar-refractivity contribution < 1.29 is 13.2 Å². The van der Waals surface area contributed by atoms with Crippen molar-refractivity contribution in [1.82, 2.24) is 4.90 Å². The van der Waals surface area contributed by atoms with Crippen LogP contribution in [0.1, 0.15) is 31.6 Å². The highest BCUT2D eigenvalue weighted by Gasteiger charge is 2.28. The van der Waals surface area contributed by atoms with E-state index >= 15 is 0 Å². The van der Waals surface area contributed by atoms with E-state index in [0.29, 0.717) is 5.92 Å². The van der Waals surface area contributed by atoms with Crippen molar-refractivity contribution >= 4 is 27.3 Å². The fraction of sp³-hybridized carbons (Fsp3) is 0.615. The molecule has 0 saturated heterocycles. The molecule has 0 bridgehead atoms. The zero-order valence-corrected chi connectivity index (χ0v) is 13.3. The molecule has 1 heterocycles. The lowest BCUT2D eigenvalue weighted by Crippen LogP contribution is -2.39. The van der Waals surface area contributed by atoms with Crippen molar-refractivity contribution in [3.8, 4) is 0 Å². The lowest BCUT2D eigenvalue weighted by molar-refractivity contribution is -0.132. The molecule has 1 aromatic heterocycles. The normalized spacial score (nSPS) is 15.6. The van der Waals surface area contributed by atoms with Crippen LogP contribution in [0.3, 0.4) is 0 Å². The Balaban J connectivity index is 2.03. The summed E-state index contributed by atoms with van der Waals surface area (Å²) in [4.78, 5) is 14.9. The molecule has 1 amide bonds. The molecule has 1 saturated carbocycles. The summed E-state index contributed by atoms with van der Waals surface area (Å²) in [7, 11) is -3.67. The lowest BCUT2D eigenvalue weighted by Gasteiger charge is -2.26. The molecule has 0 spiro atoms. The van der Waals surface area contributed by atoms with Crippen molar-refractivity contribution in [3.63, 3.8) is 0 Å². The van der Waals surface area contributed by atoms with Crippen molar-refractivity contribution in [2.24, 2.45) is 11.1 Å². The SMILES string of the molecule is CC(C)N(CC1CC1)C(=O)Cc1ccc(S(N)(=O)=O)s1. The minimum atomic E-state index is -3.67. The number of hydrogen-bond acceptors (Lipinski definition) is 4. The van der Waals surface area contributed by atoms with Crippen molar-refractivity contribution in [3.05, 3.63) is 17.0 Å². The molecule has 20 heavy (non-hydrogen) atoms. The zero-order valence-electron chi connectivity index (χ0n) is 11.7. The van der Waals surface area contributed by atoms with Crippen LogP contribution >= 0.6 is 11.3 Å². The highest BCUT2D eigenvalue weighted by atomic mass is 32.2. The molecule has 112 valence electrons. The van der Waals surface area contributed by atoms with Crippen LogP contribution in [-0.4, -0.2) is 31.8 Å². The number of nitrogens with zero attached hydrogens (tertiary/aromatic N) is 1. The van der Waals surface area contributed by atoms with Gasteiger partial charge in [0.1, 0.15) is 4.21 Å². The van der Waals surface area contributed by atoms with Crippen LogP contribution in [0.4, 0.5) is 0 Å². The van der Waals surface area contributed by atoms with E-state index in [0.717, 1.165) is 22.8 Å². The van der Waals surface area contributed by atoms with Gasteiger partial charge in [-0.15, -0.1) is 11.3 Å². The van der Waals surface area contributed by atoms with Gasteiger partial charge >= 0.3 is 0 Å². The van der Waals surface area contributed by atoms with E-state index in [1.807, 2.05) is 18.7 Å². The molecular formula is C13H20N2O3S2. The maximum atomic E-state index is 12.3. The Bertz CT molecular complexity index is 589.